The van der Waals surface area contributed by atoms with Gasteiger partial charge < -0.3 is 10.5 Å². The molecule has 3 atom stereocenters. The van der Waals surface area contributed by atoms with Crippen molar-refractivity contribution in [2.75, 3.05) is 5.73 Å². The van der Waals surface area contributed by atoms with Crippen molar-refractivity contribution in [3.63, 3.8) is 0 Å². The van der Waals surface area contributed by atoms with Gasteiger partial charge in [-0.15, -0.1) is 0 Å². The van der Waals surface area contributed by atoms with Crippen molar-refractivity contribution < 1.29 is 17.9 Å². The lowest BCUT2D eigenvalue weighted by Gasteiger charge is -2.40. The first-order valence-electron chi connectivity index (χ1n) is 6.88. The first-order chi connectivity index (χ1) is 9.76. The number of aliphatic imine (C=N–C) groups is 1. The van der Waals surface area contributed by atoms with Crippen LogP contribution in [0.1, 0.15) is 32.3 Å². The minimum absolute atomic E-state index is 0.0203. The number of alkyl halides is 2. The van der Waals surface area contributed by atoms with Crippen molar-refractivity contribution in [3.8, 4) is 0 Å². The summed E-state index contributed by atoms with van der Waals surface area (Å²) in [6, 6.07) is 3.90. The van der Waals surface area contributed by atoms with Gasteiger partial charge >= 0.3 is 0 Å². The molecule has 1 aromatic rings. The van der Waals surface area contributed by atoms with Crippen LogP contribution in [0.2, 0.25) is 0 Å². The molecule has 1 aliphatic carbocycles. The zero-order valence-corrected chi connectivity index (χ0v) is 11.9. The van der Waals surface area contributed by atoms with E-state index in [1.807, 2.05) is 0 Å². The van der Waals surface area contributed by atoms with Crippen molar-refractivity contribution in [3.05, 3.63) is 29.6 Å². The second kappa shape index (κ2) is 4.39. The largest absolute Gasteiger partial charge is 0.471 e. The van der Waals surface area contributed by atoms with Gasteiger partial charge in [-0.2, -0.15) is 0 Å². The molecule has 3 rings (SSSR count). The van der Waals surface area contributed by atoms with E-state index in [4.69, 9.17) is 10.5 Å². The van der Waals surface area contributed by atoms with Crippen molar-refractivity contribution in [2.45, 2.75) is 50.2 Å². The highest BCUT2D eigenvalue weighted by Gasteiger charge is 2.61. The van der Waals surface area contributed by atoms with E-state index in [1.54, 1.807) is 0 Å². The molecule has 1 aliphatic heterocycles. The van der Waals surface area contributed by atoms with Gasteiger partial charge in [0.05, 0.1) is 0 Å². The molecule has 3 nitrogen and oxygen atoms in total. The summed E-state index contributed by atoms with van der Waals surface area (Å²) in [5.41, 5.74) is 2.75. The quantitative estimate of drug-likeness (QED) is 0.852. The molecule has 1 aromatic carbocycles. The zero-order valence-electron chi connectivity index (χ0n) is 11.9. The first kappa shape index (κ1) is 14.2. The molecule has 6 heteroatoms. The molecule has 1 heterocycles. The number of halogens is 3. The lowest BCUT2D eigenvalue weighted by molar-refractivity contribution is -0.0381. The molecule has 0 unspecified atom stereocenters. The molecule has 1 fully saturated rings. The lowest BCUT2D eigenvalue weighted by atomic mass is 9.82. The second-order valence-corrected chi connectivity index (χ2v) is 5.99. The number of nitrogens with two attached hydrogens (primary N) is 1. The Labute approximate surface area is 121 Å². The predicted molar refractivity (Wildman–Crippen MR) is 74.1 cm³/mol. The normalized spacial score (nSPS) is 34.0. The first-order valence-corrected chi connectivity index (χ1v) is 6.88. The summed E-state index contributed by atoms with van der Waals surface area (Å²) in [6.45, 7) is 2.97. The topological polar surface area (TPSA) is 47.6 Å². The van der Waals surface area contributed by atoms with E-state index >= 15 is 0 Å². The van der Waals surface area contributed by atoms with Crippen molar-refractivity contribution in [1.29, 1.82) is 0 Å². The predicted octanol–water partition coefficient (Wildman–Crippen LogP) is 3.28. The van der Waals surface area contributed by atoms with Crippen LogP contribution >= 0.6 is 0 Å². The standard InChI is InChI=1S/C15H17F3N2O/c1-8-20-14(2,10-7-9(19)3-4-11(10)16)12(17)13(21-8)15(18)5-6-15/h3-4,7,12-13H,5-6,19H2,1-2H3/t12-,13-,14+/m0/s1. The molecule has 0 radical (unpaired) electrons. The second-order valence-electron chi connectivity index (χ2n) is 5.99. The summed E-state index contributed by atoms with van der Waals surface area (Å²) >= 11 is 0. The molecule has 2 aliphatic rings. The smallest absolute Gasteiger partial charge is 0.181 e. The summed E-state index contributed by atoms with van der Waals surface area (Å²) < 4.78 is 48.6. The number of benzene rings is 1. The highest BCUT2D eigenvalue weighted by Crippen LogP contribution is 2.51. The van der Waals surface area contributed by atoms with Gasteiger partial charge in [-0.1, -0.05) is 0 Å². The minimum atomic E-state index is -1.79. The summed E-state index contributed by atoms with van der Waals surface area (Å²) in [4.78, 5) is 4.12. The molecule has 0 aromatic heterocycles. The molecule has 0 saturated heterocycles. The van der Waals surface area contributed by atoms with Crippen LogP contribution in [0.25, 0.3) is 0 Å². The fraction of sp³-hybridized carbons (Fsp3) is 0.533. The Kier molecular flexibility index (Phi) is 2.97. The number of ether oxygens (including phenoxy) is 1. The third kappa shape index (κ3) is 2.17. The average molecular weight is 298 g/mol. The molecule has 114 valence electrons. The molecule has 0 spiro atoms. The summed E-state index contributed by atoms with van der Waals surface area (Å²) in [7, 11) is 0. The fourth-order valence-corrected chi connectivity index (χ4v) is 2.86. The number of nitrogens with zero attached hydrogens (tertiary/aromatic N) is 1. The Morgan fingerprint density at radius 2 is 2.05 bits per heavy atom. The van der Waals surface area contributed by atoms with Gasteiger partial charge in [0.15, 0.2) is 23.8 Å². The van der Waals surface area contributed by atoms with E-state index in [2.05, 4.69) is 4.99 Å². The van der Waals surface area contributed by atoms with Gasteiger partial charge in [-0.05, 0) is 38.0 Å². The van der Waals surface area contributed by atoms with Crippen molar-refractivity contribution >= 4 is 11.6 Å². The summed E-state index contributed by atoms with van der Waals surface area (Å²) in [5.74, 6) is -0.461. The number of nitrogen functional groups attached to an aromatic ring is 1. The van der Waals surface area contributed by atoms with E-state index in [0.29, 0.717) is 5.69 Å². The van der Waals surface area contributed by atoms with Crippen LogP contribution < -0.4 is 5.73 Å². The van der Waals surface area contributed by atoms with Crippen molar-refractivity contribution in [1.82, 2.24) is 0 Å². The number of hydrogen-bond acceptors (Lipinski definition) is 3. The molecule has 2 N–H and O–H groups in total. The average Bonchev–Trinajstić information content (AvgIpc) is 3.15. The molecule has 21 heavy (non-hydrogen) atoms. The highest BCUT2D eigenvalue weighted by atomic mass is 19.2. The van der Waals surface area contributed by atoms with Gasteiger partial charge in [0.2, 0.25) is 0 Å². The highest BCUT2D eigenvalue weighted by molar-refractivity contribution is 5.75. The van der Waals surface area contributed by atoms with Gasteiger partial charge in [-0.25, -0.2) is 18.2 Å². The zero-order chi connectivity index (χ0) is 15.4. The Morgan fingerprint density at radius 3 is 2.67 bits per heavy atom. The monoisotopic (exact) mass is 298 g/mol. The maximum Gasteiger partial charge on any atom is 0.181 e. The van der Waals surface area contributed by atoms with E-state index < -0.39 is 29.3 Å². The van der Waals surface area contributed by atoms with Crippen LogP contribution in [-0.4, -0.2) is 23.8 Å². The molecule has 0 amide bonds. The van der Waals surface area contributed by atoms with Crippen molar-refractivity contribution in [2.24, 2.45) is 4.99 Å². The molecular formula is C15H17F3N2O. The van der Waals surface area contributed by atoms with E-state index in [0.717, 1.165) is 0 Å². The van der Waals surface area contributed by atoms with Gasteiger partial charge in [0.1, 0.15) is 11.4 Å². The minimum Gasteiger partial charge on any atom is -0.471 e. The third-order valence-corrected chi connectivity index (χ3v) is 4.26. The number of hydrogen-bond donors (Lipinski definition) is 1. The van der Waals surface area contributed by atoms with Crippen LogP contribution in [0.4, 0.5) is 18.9 Å². The Balaban J connectivity index is 2.09. The van der Waals surface area contributed by atoms with Crippen LogP contribution in [0.15, 0.2) is 23.2 Å². The SMILES string of the molecule is CC1=N[C@](C)(c2cc(N)ccc2F)[C@@H](F)[C@@H](C2(F)CC2)O1. The molecule has 0 bridgehead atoms. The van der Waals surface area contributed by atoms with E-state index in [9.17, 15) is 13.2 Å². The van der Waals surface area contributed by atoms with Gasteiger partial charge in [0.25, 0.3) is 0 Å². The lowest BCUT2D eigenvalue weighted by Crippen LogP contribution is -2.52. The Hall–Kier alpha value is -1.72. The summed E-state index contributed by atoms with van der Waals surface area (Å²) in [5, 5.41) is 0. The molecule has 1 saturated carbocycles. The van der Waals surface area contributed by atoms with Crippen LogP contribution in [0.5, 0.6) is 0 Å². The van der Waals surface area contributed by atoms with E-state index in [1.165, 1.54) is 32.0 Å². The maximum absolute atomic E-state index is 14.9. The molecular weight excluding hydrogens is 281 g/mol. The Bertz CT molecular complexity index is 615. The van der Waals surface area contributed by atoms with E-state index in [-0.39, 0.29) is 24.3 Å². The fourth-order valence-electron chi connectivity index (χ4n) is 2.86. The Morgan fingerprint density at radius 1 is 1.38 bits per heavy atom. The van der Waals surface area contributed by atoms with Crippen LogP contribution in [0, 0.1) is 5.82 Å². The summed E-state index contributed by atoms with van der Waals surface area (Å²) in [6.07, 6.45) is -2.55. The number of anilines is 1. The van der Waals surface area contributed by atoms with Crippen LogP contribution in [0.3, 0.4) is 0 Å². The van der Waals surface area contributed by atoms with Gasteiger partial charge in [-0.3, -0.25) is 0 Å². The van der Waals surface area contributed by atoms with Gasteiger partial charge in [0, 0.05) is 18.2 Å². The maximum atomic E-state index is 14.9. The number of rotatable bonds is 2. The third-order valence-electron chi connectivity index (χ3n) is 4.26. The van der Waals surface area contributed by atoms with Crippen LogP contribution in [-0.2, 0) is 10.3 Å².